The molecule has 0 spiro atoms. The monoisotopic (exact) mass is 134 g/mol. The maximum atomic E-state index is 3.51. The van der Waals surface area contributed by atoms with Crippen molar-refractivity contribution in [2.45, 2.75) is 0 Å². The molecule has 0 bridgehead atoms. The van der Waals surface area contributed by atoms with Crippen molar-refractivity contribution < 1.29 is 0 Å². The van der Waals surface area contributed by atoms with Crippen molar-refractivity contribution >= 4 is 15.0 Å². The van der Waals surface area contributed by atoms with Gasteiger partial charge in [0.15, 0.2) is 0 Å². The van der Waals surface area contributed by atoms with Gasteiger partial charge in [0.1, 0.15) is 0 Å². The van der Waals surface area contributed by atoms with Crippen LogP contribution in [-0.4, -0.2) is 15.0 Å². The summed E-state index contributed by atoms with van der Waals surface area (Å²) in [6, 6.07) is 0. The van der Waals surface area contributed by atoms with Crippen LogP contribution in [0.5, 0.6) is 0 Å². The second-order valence-electron chi connectivity index (χ2n) is 0.469. The van der Waals surface area contributed by atoms with Gasteiger partial charge in [0, 0.05) is 0 Å². The molecule has 0 aliphatic rings. The molecule has 28 valence electrons. The molecule has 0 aromatic carbocycles. The van der Waals surface area contributed by atoms with Crippen molar-refractivity contribution in [3.05, 3.63) is 23.1 Å². The average Bonchev–Trinajstić information content (AvgIpc) is 1.41. The van der Waals surface area contributed by atoms with E-state index in [0.29, 0.717) is 15.0 Å². The molecular weight excluding hydrogens is 127 g/mol. The zero-order valence-corrected chi connectivity index (χ0v) is 4.69. The van der Waals surface area contributed by atoms with E-state index in [0.717, 1.165) is 0 Å². The third-order valence-electron chi connectivity index (χ3n) is 0.192. The summed E-state index contributed by atoms with van der Waals surface area (Å²) < 4.78 is 0. The van der Waals surface area contributed by atoms with E-state index in [4.69, 9.17) is 0 Å². The summed E-state index contributed by atoms with van der Waals surface area (Å²) in [5, 5.41) is 0. The molecule has 0 radical (unpaired) electrons. The summed E-state index contributed by atoms with van der Waals surface area (Å²) in [5.41, 5.74) is 0. The van der Waals surface area contributed by atoms with E-state index in [1.54, 1.807) is 0 Å². The predicted molar refractivity (Wildman–Crippen MR) is 26.1 cm³/mol. The summed E-state index contributed by atoms with van der Waals surface area (Å²) in [5.74, 6) is 0. The first kappa shape index (κ1) is 5.00. The van der Waals surface area contributed by atoms with Gasteiger partial charge in [-0.3, -0.25) is 0 Å². The summed E-state index contributed by atoms with van der Waals surface area (Å²) in [4.78, 5) is 3.75. The van der Waals surface area contributed by atoms with E-state index in [2.05, 4.69) is 13.2 Å². The van der Waals surface area contributed by atoms with Gasteiger partial charge in [-0.1, -0.05) is 0 Å². The molecule has 0 saturated carbocycles. The fourth-order valence-electron chi connectivity index (χ4n) is 0.0680. The Labute approximate surface area is 38.7 Å². The van der Waals surface area contributed by atoms with Crippen LogP contribution < -0.4 is 0 Å². The van der Waals surface area contributed by atoms with Gasteiger partial charge in [-0.05, 0) is 0 Å². The molecule has 0 rings (SSSR count). The van der Waals surface area contributed by atoms with Gasteiger partial charge >= 0.3 is 38.1 Å². The minimum absolute atomic E-state index is 0.486. The van der Waals surface area contributed by atoms with Crippen molar-refractivity contribution in [3.63, 3.8) is 0 Å². The Morgan fingerprint density at radius 2 is 1.60 bits per heavy atom. The molecule has 0 aromatic rings. The zero-order valence-electron chi connectivity index (χ0n) is 2.98. The Kier molecular flexibility index (Phi) is 4.00. The Morgan fingerprint density at radius 3 is 1.60 bits per heavy atom. The standard InChI is InChI=1S/C4H6Se/c1-3-5-4-2/h3-4H,1-2H2. The van der Waals surface area contributed by atoms with E-state index in [1.165, 1.54) is 0 Å². The van der Waals surface area contributed by atoms with Gasteiger partial charge < -0.3 is 0 Å². The zero-order chi connectivity index (χ0) is 4.12. The second-order valence-corrected chi connectivity index (χ2v) is 2.44. The topological polar surface area (TPSA) is 0 Å². The number of rotatable bonds is 2. The quantitative estimate of drug-likeness (QED) is 0.492. The van der Waals surface area contributed by atoms with Gasteiger partial charge in [0.2, 0.25) is 0 Å². The van der Waals surface area contributed by atoms with Crippen molar-refractivity contribution in [3.8, 4) is 0 Å². The molecule has 0 atom stereocenters. The second kappa shape index (κ2) is 4.00. The molecule has 5 heavy (non-hydrogen) atoms. The summed E-state index contributed by atoms with van der Waals surface area (Å²) in [6.07, 6.45) is 0. The molecular formula is C4H6Se. The van der Waals surface area contributed by atoms with Crippen LogP contribution >= 0.6 is 0 Å². The number of hydrogen-bond donors (Lipinski definition) is 0. The fraction of sp³-hybridized carbons (Fsp3) is 0. The third-order valence-corrected chi connectivity index (χ3v) is 1.00. The Balaban J connectivity index is 2.65. The first-order valence-electron chi connectivity index (χ1n) is 1.29. The van der Waals surface area contributed by atoms with Gasteiger partial charge in [-0.15, -0.1) is 0 Å². The van der Waals surface area contributed by atoms with Crippen LogP contribution in [0.2, 0.25) is 0 Å². The SMILES string of the molecule is C=C[Se]C=C. The average molecular weight is 133 g/mol. The van der Waals surface area contributed by atoms with Crippen LogP contribution in [0.4, 0.5) is 0 Å². The van der Waals surface area contributed by atoms with Crippen LogP contribution in [0.1, 0.15) is 0 Å². The van der Waals surface area contributed by atoms with Crippen LogP contribution in [0.15, 0.2) is 23.1 Å². The van der Waals surface area contributed by atoms with Gasteiger partial charge in [0.05, 0.1) is 0 Å². The molecule has 0 heterocycles. The van der Waals surface area contributed by atoms with Gasteiger partial charge in [-0.2, -0.15) is 0 Å². The molecule has 0 N–H and O–H groups in total. The minimum atomic E-state index is 0.486. The van der Waals surface area contributed by atoms with Crippen LogP contribution in [0, 0.1) is 0 Å². The normalized spacial score (nSPS) is 6.40. The number of hydrogen-bond acceptors (Lipinski definition) is 0. The molecule has 0 nitrogen and oxygen atoms in total. The van der Waals surface area contributed by atoms with Crippen LogP contribution in [0.3, 0.4) is 0 Å². The summed E-state index contributed by atoms with van der Waals surface area (Å²) in [6.45, 7) is 7.01. The molecule has 0 amide bonds. The Hall–Kier alpha value is -0.000519. The first-order chi connectivity index (χ1) is 2.41. The Bertz CT molecular complexity index is 32.9. The van der Waals surface area contributed by atoms with Crippen molar-refractivity contribution in [2.24, 2.45) is 0 Å². The van der Waals surface area contributed by atoms with Crippen LogP contribution in [-0.2, 0) is 0 Å². The molecule has 0 aliphatic carbocycles. The molecule has 0 aliphatic heterocycles. The Morgan fingerprint density at radius 1 is 1.20 bits per heavy atom. The van der Waals surface area contributed by atoms with Crippen molar-refractivity contribution in [1.82, 2.24) is 0 Å². The fourth-order valence-corrected chi connectivity index (χ4v) is 0.354. The van der Waals surface area contributed by atoms with E-state index in [1.807, 2.05) is 9.95 Å². The maximum absolute atomic E-state index is 3.51. The molecule has 0 saturated heterocycles. The summed E-state index contributed by atoms with van der Waals surface area (Å²) in [7, 11) is 0. The van der Waals surface area contributed by atoms with E-state index >= 15 is 0 Å². The van der Waals surface area contributed by atoms with Crippen LogP contribution in [0.25, 0.3) is 0 Å². The van der Waals surface area contributed by atoms with Crippen molar-refractivity contribution in [2.75, 3.05) is 0 Å². The van der Waals surface area contributed by atoms with E-state index in [-0.39, 0.29) is 0 Å². The molecule has 0 aromatic heterocycles. The van der Waals surface area contributed by atoms with Crippen molar-refractivity contribution in [1.29, 1.82) is 0 Å². The van der Waals surface area contributed by atoms with E-state index in [9.17, 15) is 0 Å². The van der Waals surface area contributed by atoms with E-state index < -0.39 is 0 Å². The molecule has 1 heteroatoms. The summed E-state index contributed by atoms with van der Waals surface area (Å²) >= 11 is 0.486. The molecule has 0 unspecified atom stereocenters. The predicted octanol–water partition coefficient (Wildman–Crippen LogP) is 0.978. The molecule has 0 fully saturated rings. The first-order valence-corrected chi connectivity index (χ1v) is 3.27. The van der Waals surface area contributed by atoms with Gasteiger partial charge in [-0.25, -0.2) is 0 Å². The third kappa shape index (κ3) is 4.00. The van der Waals surface area contributed by atoms with Gasteiger partial charge in [0.25, 0.3) is 0 Å².